The van der Waals surface area contributed by atoms with Crippen LogP contribution < -0.4 is 10.9 Å². The van der Waals surface area contributed by atoms with Gasteiger partial charge in [-0.15, -0.1) is 11.3 Å². The number of nitrogens with zero attached hydrogens (tertiary/aromatic N) is 2. The highest BCUT2D eigenvalue weighted by atomic mass is 32.1. The second-order valence-electron chi connectivity index (χ2n) is 7.00. The molecule has 1 atom stereocenters. The topological polar surface area (TPSA) is 90.3 Å². The number of amides is 1. The van der Waals surface area contributed by atoms with E-state index in [0.29, 0.717) is 33.6 Å². The lowest BCUT2D eigenvalue weighted by molar-refractivity contribution is -0.143. The molecule has 0 radical (unpaired) electrons. The maximum atomic E-state index is 12.8. The second kappa shape index (κ2) is 7.19. The highest BCUT2D eigenvalue weighted by molar-refractivity contribution is 7.20. The molecular formula is C18H23N3O4S. The third-order valence-electron chi connectivity index (χ3n) is 4.62. The van der Waals surface area contributed by atoms with E-state index in [-0.39, 0.29) is 17.4 Å². The molecule has 140 valence electrons. The molecule has 2 aromatic rings. The van der Waals surface area contributed by atoms with E-state index < -0.39 is 12.0 Å². The maximum absolute atomic E-state index is 12.8. The number of aromatic nitrogens is 2. The van der Waals surface area contributed by atoms with Gasteiger partial charge in [0.2, 0.25) is 0 Å². The third-order valence-corrected chi connectivity index (χ3v) is 5.80. The monoisotopic (exact) mass is 377 g/mol. The predicted octanol–water partition coefficient (Wildman–Crippen LogP) is 2.03. The minimum atomic E-state index is -0.712. The molecule has 1 aliphatic heterocycles. The summed E-state index contributed by atoms with van der Waals surface area (Å²) in [5.74, 6) is 0.161. The van der Waals surface area contributed by atoms with Gasteiger partial charge in [0, 0.05) is 13.0 Å². The lowest BCUT2D eigenvalue weighted by Gasteiger charge is -2.18. The number of aryl methyl sites for hydroxylation is 2. The highest BCUT2D eigenvalue weighted by Crippen LogP contribution is 2.28. The van der Waals surface area contributed by atoms with Gasteiger partial charge in [0.1, 0.15) is 16.7 Å². The smallest absolute Gasteiger partial charge is 0.328 e. The largest absolute Gasteiger partial charge is 0.467 e. The van der Waals surface area contributed by atoms with Gasteiger partial charge in [-0.1, -0.05) is 13.8 Å². The van der Waals surface area contributed by atoms with Gasteiger partial charge in [-0.3, -0.25) is 14.2 Å². The van der Waals surface area contributed by atoms with Gasteiger partial charge in [0.25, 0.3) is 11.5 Å². The van der Waals surface area contributed by atoms with Crippen LogP contribution in [0.4, 0.5) is 0 Å². The SMILES string of the molecule is COC(=O)[C@H](CC(C)C)NC(=O)c1sc2nc3n(c(=O)c2c1C)CCC3. The van der Waals surface area contributed by atoms with E-state index in [9.17, 15) is 14.4 Å². The summed E-state index contributed by atoms with van der Waals surface area (Å²) in [5, 5.41) is 3.26. The first-order valence-corrected chi connectivity index (χ1v) is 9.56. The predicted molar refractivity (Wildman–Crippen MR) is 99.7 cm³/mol. The fraction of sp³-hybridized carbons (Fsp3) is 0.556. The summed E-state index contributed by atoms with van der Waals surface area (Å²) < 4.78 is 6.49. The number of carbonyl (C=O) groups excluding carboxylic acids is 2. The molecule has 0 aromatic carbocycles. The minimum absolute atomic E-state index is 0.0815. The standard InChI is InChI=1S/C18H23N3O4S/c1-9(2)8-11(18(24)25-4)19-15(22)14-10(3)13-16(26-14)20-12-6-5-7-21(12)17(13)23/h9,11H,5-8H2,1-4H3,(H,19,22)/t11-/m0/s1. The van der Waals surface area contributed by atoms with Crippen LogP contribution in [0, 0.1) is 12.8 Å². The van der Waals surface area contributed by atoms with Gasteiger partial charge in [0.15, 0.2) is 0 Å². The Kier molecular flexibility index (Phi) is 5.13. The fourth-order valence-electron chi connectivity index (χ4n) is 3.34. The number of nitrogens with one attached hydrogen (secondary N) is 1. The summed E-state index contributed by atoms with van der Waals surface area (Å²) in [6.07, 6.45) is 2.18. The Balaban J connectivity index is 1.96. The highest BCUT2D eigenvalue weighted by Gasteiger charge is 2.27. The molecule has 0 saturated heterocycles. The van der Waals surface area contributed by atoms with Crippen molar-refractivity contribution in [2.24, 2.45) is 5.92 Å². The number of thiophene rings is 1. The number of methoxy groups -OCH3 is 1. The molecule has 3 heterocycles. The Morgan fingerprint density at radius 2 is 2.12 bits per heavy atom. The fourth-order valence-corrected chi connectivity index (χ4v) is 4.44. The van der Waals surface area contributed by atoms with E-state index in [0.717, 1.165) is 18.7 Å². The molecule has 3 rings (SSSR count). The first kappa shape index (κ1) is 18.6. The molecule has 7 nitrogen and oxygen atoms in total. The summed E-state index contributed by atoms with van der Waals surface area (Å²) in [4.78, 5) is 43.0. The first-order valence-electron chi connectivity index (χ1n) is 8.75. The zero-order chi connectivity index (χ0) is 19.0. The molecule has 0 fully saturated rings. The normalized spacial score (nSPS) is 14.5. The summed E-state index contributed by atoms with van der Waals surface area (Å²) in [5.41, 5.74) is 0.539. The van der Waals surface area contributed by atoms with Gasteiger partial charge in [-0.25, -0.2) is 9.78 Å². The Morgan fingerprint density at radius 1 is 1.38 bits per heavy atom. The van der Waals surface area contributed by atoms with Crippen molar-refractivity contribution in [3.8, 4) is 0 Å². The Hall–Kier alpha value is -2.22. The lowest BCUT2D eigenvalue weighted by atomic mass is 10.0. The maximum Gasteiger partial charge on any atom is 0.328 e. The minimum Gasteiger partial charge on any atom is -0.467 e. The van der Waals surface area contributed by atoms with Crippen LogP contribution in [0.3, 0.4) is 0 Å². The van der Waals surface area contributed by atoms with Crippen LogP contribution in [0.25, 0.3) is 10.2 Å². The summed E-state index contributed by atoms with van der Waals surface area (Å²) in [6.45, 7) is 6.37. The molecular weight excluding hydrogens is 354 g/mol. The van der Waals surface area contributed by atoms with E-state index >= 15 is 0 Å². The van der Waals surface area contributed by atoms with Crippen LogP contribution in [0.2, 0.25) is 0 Å². The van der Waals surface area contributed by atoms with Crippen molar-refractivity contribution in [1.29, 1.82) is 0 Å². The van der Waals surface area contributed by atoms with Crippen LogP contribution in [0.1, 0.15) is 47.7 Å². The lowest BCUT2D eigenvalue weighted by Crippen LogP contribution is -2.42. The summed E-state index contributed by atoms with van der Waals surface area (Å²) >= 11 is 1.20. The average Bonchev–Trinajstić information content (AvgIpc) is 3.18. The Bertz CT molecular complexity index is 929. The van der Waals surface area contributed by atoms with Crippen LogP contribution in [0.5, 0.6) is 0 Å². The molecule has 0 saturated carbocycles. The number of rotatable bonds is 5. The first-order chi connectivity index (χ1) is 12.3. The van der Waals surface area contributed by atoms with Crippen LogP contribution in [0.15, 0.2) is 4.79 Å². The number of carbonyl (C=O) groups is 2. The van der Waals surface area contributed by atoms with E-state index in [1.54, 1.807) is 11.5 Å². The van der Waals surface area contributed by atoms with Gasteiger partial charge >= 0.3 is 5.97 Å². The third kappa shape index (κ3) is 3.25. The molecule has 0 unspecified atom stereocenters. The van der Waals surface area contributed by atoms with Gasteiger partial charge < -0.3 is 10.1 Å². The van der Waals surface area contributed by atoms with Crippen molar-refractivity contribution >= 4 is 33.4 Å². The van der Waals surface area contributed by atoms with Crippen LogP contribution >= 0.6 is 11.3 Å². The molecule has 1 aliphatic rings. The van der Waals surface area contributed by atoms with Crippen LogP contribution in [-0.2, 0) is 22.5 Å². The van der Waals surface area contributed by atoms with Gasteiger partial charge in [0.05, 0.1) is 17.4 Å². The van der Waals surface area contributed by atoms with Crippen LogP contribution in [-0.4, -0.2) is 34.6 Å². The zero-order valence-electron chi connectivity index (χ0n) is 15.4. The Labute approximate surface area is 155 Å². The number of fused-ring (bicyclic) bond motifs is 2. The zero-order valence-corrected chi connectivity index (χ0v) is 16.2. The molecule has 1 amide bonds. The summed E-state index contributed by atoms with van der Waals surface area (Å²) in [6, 6.07) is -0.712. The van der Waals surface area contributed by atoms with Crippen molar-refractivity contribution < 1.29 is 14.3 Å². The van der Waals surface area contributed by atoms with E-state index in [4.69, 9.17) is 4.74 Å². The van der Waals surface area contributed by atoms with Crippen molar-refractivity contribution in [3.05, 3.63) is 26.6 Å². The quantitative estimate of drug-likeness (QED) is 0.805. The number of esters is 1. The van der Waals surface area contributed by atoms with Crippen molar-refractivity contribution in [1.82, 2.24) is 14.9 Å². The number of ether oxygens (including phenoxy) is 1. The van der Waals surface area contributed by atoms with E-state index in [1.165, 1.54) is 18.4 Å². The molecule has 0 aliphatic carbocycles. The van der Waals surface area contributed by atoms with E-state index in [1.807, 2.05) is 13.8 Å². The number of hydrogen-bond acceptors (Lipinski definition) is 6. The van der Waals surface area contributed by atoms with Gasteiger partial charge in [-0.2, -0.15) is 0 Å². The average molecular weight is 377 g/mol. The van der Waals surface area contributed by atoms with Crippen molar-refractivity contribution in [3.63, 3.8) is 0 Å². The molecule has 0 bridgehead atoms. The molecule has 2 aromatic heterocycles. The molecule has 26 heavy (non-hydrogen) atoms. The van der Waals surface area contributed by atoms with Gasteiger partial charge in [-0.05, 0) is 31.2 Å². The number of hydrogen-bond donors (Lipinski definition) is 1. The van der Waals surface area contributed by atoms with Crippen molar-refractivity contribution in [2.75, 3.05) is 7.11 Å². The molecule has 8 heteroatoms. The Morgan fingerprint density at radius 3 is 2.77 bits per heavy atom. The molecule has 0 spiro atoms. The summed E-state index contributed by atoms with van der Waals surface area (Å²) in [7, 11) is 1.30. The van der Waals surface area contributed by atoms with Crippen molar-refractivity contribution in [2.45, 2.75) is 52.6 Å². The molecule has 1 N–H and O–H groups in total. The van der Waals surface area contributed by atoms with E-state index in [2.05, 4.69) is 10.3 Å². The second-order valence-corrected chi connectivity index (χ2v) is 8.00.